The molecule has 3 aliphatic heterocycles. The van der Waals surface area contributed by atoms with Gasteiger partial charge in [-0.3, -0.25) is 9.69 Å². The molecular formula is C32H37BrN6O6. The number of aromatic nitrogens is 2. The summed E-state index contributed by atoms with van der Waals surface area (Å²) in [5.74, 6) is -0.227. The smallest absolute Gasteiger partial charge is 0.342 e. The van der Waals surface area contributed by atoms with Crippen LogP contribution >= 0.6 is 15.9 Å². The lowest BCUT2D eigenvalue weighted by molar-refractivity contribution is 0.0548. The zero-order valence-electron chi connectivity index (χ0n) is 25.8. The van der Waals surface area contributed by atoms with Crippen LogP contribution in [0.4, 0.5) is 22.9 Å². The molecule has 5 heterocycles. The number of nitrogens with zero attached hydrogens (tertiary/aromatic N) is 5. The third-order valence-corrected chi connectivity index (χ3v) is 9.45. The van der Waals surface area contributed by atoms with Crippen LogP contribution < -0.4 is 25.4 Å². The molecule has 0 bridgehead atoms. The fourth-order valence-electron chi connectivity index (χ4n) is 6.77. The Morgan fingerprint density at radius 3 is 2.56 bits per heavy atom. The van der Waals surface area contributed by atoms with Crippen molar-refractivity contribution >= 4 is 50.7 Å². The van der Waals surface area contributed by atoms with Crippen LogP contribution in [0, 0.1) is 0 Å². The zero-order chi connectivity index (χ0) is 31.8. The van der Waals surface area contributed by atoms with E-state index in [9.17, 15) is 14.4 Å². The largest absolute Gasteiger partial charge is 0.488 e. The lowest BCUT2D eigenvalue weighted by Gasteiger charge is -2.50. The fourth-order valence-corrected chi connectivity index (χ4v) is 7.31. The molecular weight excluding hydrogens is 644 g/mol. The van der Waals surface area contributed by atoms with Gasteiger partial charge in [-0.2, -0.15) is 0 Å². The number of halogens is 1. The number of carbonyl (C=O) groups is 2. The number of piperazine rings is 1. The standard InChI is InChI=1S/C32H37BrN6O6/c1-19-16-37(11-12-38(19)22-5-8-27(34-15-22)35-25-13-20(33)17-36(2)30(25)40)21-9-10-39-23(14-21)18-45-29-26(39)7-6-24(31(41)43-3)28(29)32(42)44-4/h5-8,13,15,17,19,21,23H,9-12,14,16,18H2,1-4H3,(H,34,35)/t19-,21-,23+/m0/s1. The maximum absolute atomic E-state index is 12.7. The monoisotopic (exact) mass is 680 g/mol. The van der Waals surface area contributed by atoms with Crippen LogP contribution in [0.15, 0.2) is 52.0 Å². The minimum Gasteiger partial charge on any atom is -0.488 e. The molecule has 1 N–H and O–H groups in total. The summed E-state index contributed by atoms with van der Waals surface area (Å²) >= 11 is 3.44. The molecule has 238 valence electrons. The highest BCUT2D eigenvalue weighted by Crippen LogP contribution is 2.42. The Bertz CT molecular complexity index is 1660. The maximum Gasteiger partial charge on any atom is 0.342 e. The number of aryl methyl sites for hydroxylation is 1. The normalized spacial score (nSPS) is 21.3. The summed E-state index contributed by atoms with van der Waals surface area (Å²) in [5.41, 5.74) is 2.45. The highest BCUT2D eigenvalue weighted by molar-refractivity contribution is 9.10. The van der Waals surface area contributed by atoms with Crippen molar-refractivity contribution in [3.05, 3.63) is 68.7 Å². The minimum atomic E-state index is -0.622. The van der Waals surface area contributed by atoms with E-state index in [2.05, 4.69) is 47.9 Å². The number of ether oxygens (including phenoxy) is 3. The van der Waals surface area contributed by atoms with Gasteiger partial charge >= 0.3 is 11.9 Å². The molecule has 0 radical (unpaired) electrons. The topological polar surface area (TPSA) is 118 Å². The molecule has 0 aliphatic carbocycles. The van der Waals surface area contributed by atoms with E-state index in [-0.39, 0.29) is 28.8 Å². The van der Waals surface area contributed by atoms with E-state index < -0.39 is 11.9 Å². The van der Waals surface area contributed by atoms with Crippen LogP contribution in [0.1, 0.15) is 40.5 Å². The number of fused-ring (bicyclic) bond motifs is 3. The SMILES string of the molecule is COC(=O)c1ccc2c(c1C(=O)OC)OC[C@H]1C[C@@H](N3CCN(c4ccc(Nc5cc(Br)cn(C)c5=O)nc4)[C@@H](C)C3)CCN21. The number of hydrogen-bond acceptors (Lipinski definition) is 11. The molecule has 45 heavy (non-hydrogen) atoms. The van der Waals surface area contributed by atoms with E-state index in [0.717, 1.165) is 54.9 Å². The first kappa shape index (κ1) is 30.9. The number of nitrogens with one attached hydrogen (secondary N) is 1. The van der Waals surface area contributed by atoms with Gasteiger partial charge in [-0.05, 0) is 66.0 Å². The third kappa shape index (κ3) is 5.98. The van der Waals surface area contributed by atoms with Gasteiger partial charge in [0.1, 0.15) is 23.7 Å². The summed E-state index contributed by atoms with van der Waals surface area (Å²) in [5, 5.41) is 3.14. The van der Waals surface area contributed by atoms with Crippen LogP contribution in [0.5, 0.6) is 5.75 Å². The number of esters is 2. The van der Waals surface area contributed by atoms with Crippen molar-refractivity contribution < 1.29 is 23.8 Å². The second-order valence-electron chi connectivity index (χ2n) is 11.7. The number of piperidine rings is 1. The second kappa shape index (κ2) is 12.7. The molecule has 2 fully saturated rings. The van der Waals surface area contributed by atoms with Crippen LogP contribution in [0.3, 0.4) is 0 Å². The zero-order valence-corrected chi connectivity index (χ0v) is 27.4. The van der Waals surface area contributed by atoms with Crippen molar-refractivity contribution in [3.8, 4) is 5.75 Å². The predicted octanol–water partition coefficient (Wildman–Crippen LogP) is 3.80. The molecule has 0 unspecified atom stereocenters. The molecule has 12 nitrogen and oxygen atoms in total. The second-order valence-corrected chi connectivity index (χ2v) is 12.6. The van der Waals surface area contributed by atoms with E-state index in [1.165, 1.54) is 18.8 Å². The average molecular weight is 682 g/mol. The van der Waals surface area contributed by atoms with E-state index in [0.29, 0.717) is 29.9 Å². The Balaban J connectivity index is 1.10. The molecule has 1 aromatic carbocycles. The lowest BCUT2D eigenvalue weighted by Crippen LogP contribution is -2.59. The Morgan fingerprint density at radius 2 is 1.84 bits per heavy atom. The van der Waals surface area contributed by atoms with Gasteiger partial charge in [-0.15, -0.1) is 0 Å². The molecule has 6 rings (SSSR count). The summed E-state index contributed by atoms with van der Waals surface area (Å²) in [6, 6.07) is 10.0. The number of carbonyl (C=O) groups excluding carboxylic acids is 2. The molecule has 2 aromatic heterocycles. The third-order valence-electron chi connectivity index (χ3n) is 9.02. The van der Waals surface area contributed by atoms with Crippen LogP contribution in [-0.4, -0.2) is 91.5 Å². The van der Waals surface area contributed by atoms with Gasteiger partial charge in [0.25, 0.3) is 5.56 Å². The molecule has 0 saturated carbocycles. The summed E-state index contributed by atoms with van der Waals surface area (Å²) in [7, 11) is 4.29. The van der Waals surface area contributed by atoms with Crippen molar-refractivity contribution in [3.63, 3.8) is 0 Å². The maximum atomic E-state index is 12.7. The van der Waals surface area contributed by atoms with Crippen LogP contribution in [-0.2, 0) is 16.5 Å². The molecule has 3 aliphatic rings. The molecule has 0 amide bonds. The number of benzene rings is 1. The Morgan fingerprint density at radius 1 is 1.04 bits per heavy atom. The summed E-state index contributed by atoms with van der Waals surface area (Å²) < 4.78 is 18.4. The Labute approximate surface area is 270 Å². The van der Waals surface area contributed by atoms with Crippen molar-refractivity contribution in [2.45, 2.75) is 37.9 Å². The molecule has 3 aromatic rings. The van der Waals surface area contributed by atoms with Gasteiger partial charge in [-0.25, -0.2) is 14.6 Å². The van der Waals surface area contributed by atoms with Crippen molar-refractivity contribution in [1.82, 2.24) is 14.5 Å². The molecule has 2 saturated heterocycles. The summed E-state index contributed by atoms with van der Waals surface area (Å²) in [4.78, 5) is 49.4. The Kier molecular flexibility index (Phi) is 8.74. The minimum absolute atomic E-state index is 0.114. The quantitative estimate of drug-likeness (QED) is 0.383. The van der Waals surface area contributed by atoms with Crippen LogP contribution in [0.2, 0.25) is 0 Å². The lowest BCUT2D eigenvalue weighted by atomic mass is 9.92. The highest BCUT2D eigenvalue weighted by Gasteiger charge is 2.40. The van der Waals surface area contributed by atoms with Gasteiger partial charge in [0.2, 0.25) is 0 Å². The van der Waals surface area contributed by atoms with Crippen LogP contribution in [0.25, 0.3) is 0 Å². The number of anilines is 4. The van der Waals surface area contributed by atoms with Gasteiger partial charge in [0, 0.05) is 56.0 Å². The summed E-state index contributed by atoms with van der Waals surface area (Å²) in [6.07, 6.45) is 5.50. The van der Waals surface area contributed by atoms with E-state index in [1.807, 2.05) is 24.4 Å². The molecule has 0 spiro atoms. The fraction of sp³-hybridized carbons (Fsp3) is 0.438. The first-order valence-electron chi connectivity index (χ1n) is 15.0. The van der Waals surface area contributed by atoms with Gasteiger partial charge in [-0.1, -0.05) is 0 Å². The number of methoxy groups -OCH3 is 2. The first-order chi connectivity index (χ1) is 21.7. The Hall–Kier alpha value is -4.10. The van der Waals surface area contributed by atoms with Gasteiger partial charge in [0.05, 0.1) is 43.4 Å². The number of pyridine rings is 2. The van der Waals surface area contributed by atoms with Crippen molar-refractivity contribution in [2.24, 2.45) is 7.05 Å². The predicted molar refractivity (Wildman–Crippen MR) is 174 cm³/mol. The summed E-state index contributed by atoms with van der Waals surface area (Å²) in [6.45, 7) is 6.22. The number of hydrogen-bond donors (Lipinski definition) is 1. The first-order valence-corrected chi connectivity index (χ1v) is 15.8. The molecule has 13 heteroatoms. The molecule has 3 atom stereocenters. The van der Waals surface area contributed by atoms with E-state index in [4.69, 9.17) is 14.2 Å². The van der Waals surface area contributed by atoms with Gasteiger partial charge < -0.3 is 33.9 Å². The average Bonchev–Trinajstić information content (AvgIpc) is 3.05. The number of rotatable bonds is 6. The van der Waals surface area contributed by atoms with Crippen molar-refractivity contribution in [1.29, 1.82) is 0 Å². The van der Waals surface area contributed by atoms with Crippen molar-refractivity contribution in [2.75, 3.05) is 62.1 Å². The highest BCUT2D eigenvalue weighted by atomic mass is 79.9. The van der Waals surface area contributed by atoms with Gasteiger partial charge in [0.15, 0.2) is 5.75 Å². The van der Waals surface area contributed by atoms with E-state index in [1.54, 1.807) is 25.4 Å². The van der Waals surface area contributed by atoms with E-state index >= 15 is 0 Å².